The minimum atomic E-state index is -0.882. The first-order valence-electron chi connectivity index (χ1n) is 4.60. The molecule has 1 aliphatic carbocycles. The summed E-state index contributed by atoms with van der Waals surface area (Å²) in [5.74, 6) is -0.312. The largest absolute Gasteiger partial charge is 0.464 e. The maximum Gasteiger partial charge on any atom is 0.335 e. The molecule has 3 heteroatoms. The van der Waals surface area contributed by atoms with Crippen LogP contribution in [-0.4, -0.2) is 23.8 Å². The number of rotatable bonds is 3. The molecule has 0 bridgehead atoms. The van der Waals surface area contributed by atoms with Gasteiger partial charge >= 0.3 is 5.97 Å². The average Bonchev–Trinajstić information content (AvgIpc) is 2.55. The quantitative estimate of drug-likeness (QED) is 0.648. The lowest BCUT2D eigenvalue weighted by Gasteiger charge is -2.15. The molecule has 70 valence electrons. The molecular weight excluding hydrogens is 156 g/mol. The van der Waals surface area contributed by atoms with Crippen molar-refractivity contribution in [3.8, 4) is 0 Å². The molecule has 1 rings (SSSR count). The Morgan fingerprint density at radius 3 is 2.67 bits per heavy atom. The maximum atomic E-state index is 11.1. The van der Waals surface area contributed by atoms with Crippen LogP contribution >= 0.6 is 0 Å². The lowest BCUT2D eigenvalue weighted by atomic mass is 10.0. The van der Waals surface area contributed by atoms with Gasteiger partial charge in [-0.2, -0.15) is 0 Å². The zero-order valence-corrected chi connectivity index (χ0v) is 7.45. The molecule has 0 aliphatic heterocycles. The molecule has 1 N–H and O–H groups in total. The Balaban J connectivity index is 2.34. The molecule has 1 fully saturated rings. The third kappa shape index (κ3) is 2.21. The Bertz CT molecular complexity index is 150. The molecule has 0 amide bonds. The van der Waals surface area contributed by atoms with E-state index in [1.165, 1.54) is 0 Å². The number of aliphatic hydroxyl groups is 1. The van der Waals surface area contributed by atoms with Crippen molar-refractivity contribution in [2.24, 2.45) is 5.92 Å². The molecule has 1 aliphatic rings. The van der Waals surface area contributed by atoms with E-state index in [1.807, 2.05) is 0 Å². The fourth-order valence-electron chi connectivity index (χ4n) is 1.69. The van der Waals surface area contributed by atoms with E-state index < -0.39 is 12.1 Å². The Kier molecular flexibility index (Phi) is 3.53. The fraction of sp³-hybridized carbons (Fsp3) is 0.889. The highest BCUT2D eigenvalue weighted by molar-refractivity contribution is 5.74. The van der Waals surface area contributed by atoms with E-state index in [9.17, 15) is 9.90 Å². The first-order chi connectivity index (χ1) is 5.75. The standard InChI is InChI=1S/C9H16O3/c1-2-12-9(11)8(10)7-5-3-4-6-7/h7-8,10H,2-6H2,1H3. The summed E-state index contributed by atoms with van der Waals surface area (Å²) in [4.78, 5) is 11.1. The topological polar surface area (TPSA) is 46.5 Å². The van der Waals surface area contributed by atoms with Crippen molar-refractivity contribution >= 4 is 5.97 Å². The van der Waals surface area contributed by atoms with Crippen LogP contribution in [0.25, 0.3) is 0 Å². The van der Waals surface area contributed by atoms with Gasteiger partial charge in [0.25, 0.3) is 0 Å². The Hall–Kier alpha value is -0.570. The van der Waals surface area contributed by atoms with Crippen LogP contribution in [0, 0.1) is 5.92 Å². The van der Waals surface area contributed by atoms with Crippen LogP contribution in [0.2, 0.25) is 0 Å². The van der Waals surface area contributed by atoms with Crippen LogP contribution in [0.5, 0.6) is 0 Å². The Morgan fingerprint density at radius 2 is 2.17 bits per heavy atom. The van der Waals surface area contributed by atoms with Gasteiger partial charge in [-0.3, -0.25) is 0 Å². The maximum absolute atomic E-state index is 11.1. The molecular formula is C9H16O3. The van der Waals surface area contributed by atoms with Gasteiger partial charge < -0.3 is 9.84 Å². The van der Waals surface area contributed by atoms with Gasteiger partial charge in [0.05, 0.1) is 6.61 Å². The summed E-state index contributed by atoms with van der Waals surface area (Å²) in [6, 6.07) is 0. The molecule has 1 atom stereocenters. The fourth-order valence-corrected chi connectivity index (χ4v) is 1.69. The number of ether oxygens (including phenoxy) is 1. The van der Waals surface area contributed by atoms with Gasteiger partial charge in [0.1, 0.15) is 0 Å². The molecule has 0 saturated heterocycles. The molecule has 0 aromatic rings. The number of hydrogen-bond donors (Lipinski definition) is 1. The monoisotopic (exact) mass is 172 g/mol. The average molecular weight is 172 g/mol. The highest BCUT2D eigenvalue weighted by Crippen LogP contribution is 2.28. The van der Waals surface area contributed by atoms with Crippen molar-refractivity contribution in [3.05, 3.63) is 0 Å². The van der Waals surface area contributed by atoms with Crippen molar-refractivity contribution in [2.45, 2.75) is 38.7 Å². The van der Waals surface area contributed by atoms with Crippen LogP contribution in [0.4, 0.5) is 0 Å². The minimum absolute atomic E-state index is 0.143. The lowest BCUT2D eigenvalue weighted by Crippen LogP contribution is -2.29. The van der Waals surface area contributed by atoms with Gasteiger partial charge in [0.15, 0.2) is 6.10 Å². The van der Waals surface area contributed by atoms with E-state index in [1.54, 1.807) is 6.92 Å². The van der Waals surface area contributed by atoms with Gasteiger partial charge in [0, 0.05) is 0 Å². The van der Waals surface area contributed by atoms with E-state index in [0.717, 1.165) is 25.7 Å². The minimum Gasteiger partial charge on any atom is -0.464 e. The van der Waals surface area contributed by atoms with Crippen molar-refractivity contribution in [2.75, 3.05) is 6.61 Å². The smallest absolute Gasteiger partial charge is 0.335 e. The molecule has 0 aromatic carbocycles. The predicted molar refractivity (Wildman–Crippen MR) is 44.6 cm³/mol. The molecule has 0 spiro atoms. The summed E-state index contributed by atoms with van der Waals surface area (Å²) >= 11 is 0. The normalized spacial score (nSPS) is 20.8. The van der Waals surface area contributed by atoms with Crippen molar-refractivity contribution < 1.29 is 14.6 Å². The zero-order valence-electron chi connectivity index (χ0n) is 7.45. The highest BCUT2D eigenvalue weighted by Gasteiger charge is 2.29. The number of aliphatic hydroxyl groups excluding tert-OH is 1. The summed E-state index contributed by atoms with van der Waals surface area (Å²) in [6.07, 6.45) is 3.29. The van der Waals surface area contributed by atoms with Crippen molar-refractivity contribution in [3.63, 3.8) is 0 Å². The molecule has 0 radical (unpaired) electrons. The molecule has 1 saturated carbocycles. The van der Waals surface area contributed by atoms with Gasteiger partial charge in [-0.25, -0.2) is 4.79 Å². The van der Waals surface area contributed by atoms with Crippen LogP contribution in [0.1, 0.15) is 32.6 Å². The van der Waals surface area contributed by atoms with Gasteiger partial charge in [0.2, 0.25) is 0 Å². The Labute approximate surface area is 72.7 Å². The van der Waals surface area contributed by atoms with Crippen LogP contribution in [0.15, 0.2) is 0 Å². The van der Waals surface area contributed by atoms with E-state index >= 15 is 0 Å². The predicted octanol–water partition coefficient (Wildman–Crippen LogP) is 1.10. The Morgan fingerprint density at radius 1 is 1.58 bits per heavy atom. The number of hydrogen-bond acceptors (Lipinski definition) is 3. The molecule has 0 heterocycles. The summed E-state index contributed by atoms with van der Waals surface area (Å²) in [5.41, 5.74) is 0. The van der Waals surface area contributed by atoms with E-state index in [2.05, 4.69) is 0 Å². The third-order valence-electron chi connectivity index (χ3n) is 2.37. The van der Waals surface area contributed by atoms with Gasteiger partial charge in [-0.1, -0.05) is 12.8 Å². The van der Waals surface area contributed by atoms with Crippen LogP contribution in [-0.2, 0) is 9.53 Å². The lowest BCUT2D eigenvalue weighted by molar-refractivity contribution is -0.155. The van der Waals surface area contributed by atoms with Crippen molar-refractivity contribution in [1.29, 1.82) is 0 Å². The van der Waals surface area contributed by atoms with E-state index in [0.29, 0.717) is 6.61 Å². The van der Waals surface area contributed by atoms with Crippen molar-refractivity contribution in [1.82, 2.24) is 0 Å². The summed E-state index contributed by atoms with van der Waals surface area (Å²) in [5, 5.41) is 9.47. The van der Waals surface area contributed by atoms with E-state index in [-0.39, 0.29) is 5.92 Å². The third-order valence-corrected chi connectivity index (χ3v) is 2.37. The van der Waals surface area contributed by atoms with Gasteiger partial charge in [-0.05, 0) is 25.7 Å². The second-order valence-electron chi connectivity index (χ2n) is 3.24. The number of carbonyl (C=O) groups excluding carboxylic acids is 1. The van der Waals surface area contributed by atoms with E-state index in [4.69, 9.17) is 4.74 Å². The van der Waals surface area contributed by atoms with Crippen LogP contribution < -0.4 is 0 Å². The first-order valence-corrected chi connectivity index (χ1v) is 4.60. The molecule has 0 aromatic heterocycles. The molecule has 1 unspecified atom stereocenters. The second kappa shape index (κ2) is 4.45. The summed E-state index contributed by atoms with van der Waals surface area (Å²) < 4.78 is 4.73. The summed E-state index contributed by atoms with van der Waals surface area (Å²) in [7, 11) is 0. The van der Waals surface area contributed by atoms with Gasteiger partial charge in [-0.15, -0.1) is 0 Å². The zero-order chi connectivity index (χ0) is 8.97. The van der Waals surface area contributed by atoms with Crippen LogP contribution in [0.3, 0.4) is 0 Å². The SMILES string of the molecule is CCOC(=O)C(O)C1CCCC1. The summed E-state index contributed by atoms with van der Waals surface area (Å²) in [6.45, 7) is 2.10. The number of esters is 1. The first kappa shape index (κ1) is 9.52. The second-order valence-corrected chi connectivity index (χ2v) is 3.24. The number of carbonyl (C=O) groups is 1. The molecule has 12 heavy (non-hydrogen) atoms. The highest BCUT2D eigenvalue weighted by atomic mass is 16.5. The molecule has 3 nitrogen and oxygen atoms in total.